The molecule has 1 aliphatic heterocycles. The van der Waals surface area contributed by atoms with E-state index in [-0.39, 0.29) is 17.8 Å². The van der Waals surface area contributed by atoms with Crippen molar-refractivity contribution in [3.63, 3.8) is 0 Å². The van der Waals surface area contributed by atoms with Crippen molar-refractivity contribution in [2.75, 3.05) is 32.1 Å². The highest BCUT2D eigenvalue weighted by atomic mass is 16.5. The maximum atomic E-state index is 12.3. The van der Waals surface area contributed by atoms with Crippen LogP contribution >= 0.6 is 0 Å². The minimum atomic E-state index is -0.369. The van der Waals surface area contributed by atoms with Gasteiger partial charge in [0.05, 0.1) is 18.1 Å². The molecule has 5 nitrogen and oxygen atoms in total. The molecule has 1 aromatic carbocycles. The van der Waals surface area contributed by atoms with Crippen LogP contribution in [0.15, 0.2) is 24.3 Å². The highest BCUT2D eigenvalue weighted by molar-refractivity contribution is 5.95. The van der Waals surface area contributed by atoms with Crippen LogP contribution in [0.5, 0.6) is 0 Å². The summed E-state index contributed by atoms with van der Waals surface area (Å²) in [5.41, 5.74) is 1.09. The fourth-order valence-corrected chi connectivity index (χ4v) is 2.56. The van der Waals surface area contributed by atoms with Crippen molar-refractivity contribution < 1.29 is 14.3 Å². The number of hydrogen-bond acceptors (Lipinski definition) is 4. The highest BCUT2D eigenvalue weighted by Crippen LogP contribution is 2.18. The van der Waals surface area contributed by atoms with Gasteiger partial charge in [-0.05, 0) is 51.6 Å². The number of hydrogen-bond donors (Lipinski definition) is 1. The Morgan fingerprint density at radius 1 is 1.43 bits per heavy atom. The van der Waals surface area contributed by atoms with Crippen LogP contribution < -0.4 is 5.32 Å². The molecule has 0 aliphatic carbocycles. The summed E-state index contributed by atoms with van der Waals surface area (Å²) < 4.78 is 4.96. The second-order valence-corrected chi connectivity index (χ2v) is 5.39. The van der Waals surface area contributed by atoms with Gasteiger partial charge >= 0.3 is 5.97 Å². The first-order chi connectivity index (χ1) is 10.1. The lowest BCUT2D eigenvalue weighted by atomic mass is 9.97. The summed E-state index contributed by atoms with van der Waals surface area (Å²) in [5.74, 6) is -0.344. The number of piperidine rings is 1. The topological polar surface area (TPSA) is 58.6 Å². The SMILES string of the molecule is CCOC(=O)c1cccc(NC(=O)[C@@H]2CCCN(C)C2)c1. The molecule has 1 aromatic rings. The van der Waals surface area contributed by atoms with Crippen LogP contribution in [0.25, 0.3) is 0 Å². The van der Waals surface area contributed by atoms with Gasteiger partial charge in [0.25, 0.3) is 0 Å². The van der Waals surface area contributed by atoms with Gasteiger partial charge in [0.2, 0.25) is 5.91 Å². The summed E-state index contributed by atoms with van der Waals surface area (Å²) in [6.45, 7) is 3.93. The van der Waals surface area contributed by atoms with Crippen LogP contribution in [0.3, 0.4) is 0 Å². The standard InChI is InChI=1S/C16H22N2O3/c1-3-21-16(20)12-6-4-8-14(10-12)17-15(19)13-7-5-9-18(2)11-13/h4,6,8,10,13H,3,5,7,9,11H2,1-2H3,(H,17,19)/t13-/m1/s1. The molecule has 21 heavy (non-hydrogen) atoms. The Labute approximate surface area is 125 Å². The lowest BCUT2D eigenvalue weighted by Gasteiger charge is -2.28. The number of rotatable bonds is 4. The molecule has 5 heteroatoms. The van der Waals surface area contributed by atoms with Crippen molar-refractivity contribution in [1.82, 2.24) is 4.90 Å². The molecular weight excluding hydrogens is 268 g/mol. The second-order valence-electron chi connectivity index (χ2n) is 5.39. The zero-order chi connectivity index (χ0) is 15.2. The molecule has 1 atom stereocenters. The largest absolute Gasteiger partial charge is 0.462 e. The third-order valence-corrected chi connectivity index (χ3v) is 3.64. The van der Waals surface area contributed by atoms with E-state index in [9.17, 15) is 9.59 Å². The van der Waals surface area contributed by atoms with Crippen molar-refractivity contribution in [2.45, 2.75) is 19.8 Å². The molecule has 1 fully saturated rings. The van der Waals surface area contributed by atoms with Gasteiger partial charge in [0.1, 0.15) is 0 Å². The molecule has 1 aliphatic rings. The van der Waals surface area contributed by atoms with Crippen LogP contribution in [0.2, 0.25) is 0 Å². The number of nitrogens with zero attached hydrogens (tertiary/aromatic N) is 1. The van der Waals surface area contributed by atoms with Gasteiger partial charge in [-0.3, -0.25) is 4.79 Å². The van der Waals surface area contributed by atoms with Crippen molar-refractivity contribution >= 4 is 17.6 Å². The van der Waals surface area contributed by atoms with E-state index < -0.39 is 0 Å². The predicted octanol–water partition coefficient (Wildman–Crippen LogP) is 2.14. The molecule has 1 amide bonds. The van der Waals surface area contributed by atoms with Crippen LogP contribution in [-0.2, 0) is 9.53 Å². The summed E-state index contributed by atoms with van der Waals surface area (Å²) >= 11 is 0. The molecule has 0 unspecified atom stereocenters. The van der Waals surface area contributed by atoms with Crippen LogP contribution in [-0.4, -0.2) is 43.5 Å². The second kappa shape index (κ2) is 7.22. The Balaban J connectivity index is 2.00. The average Bonchev–Trinajstić information content (AvgIpc) is 2.48. The smallest absolute Gasteiger partial charge is 0.338 e. The molecular formula is C16H22N2O3. The van der Waals surface area contributed by atoms with Crippen molar-refractivity contribution in [1.29, 1.82) is 0 Å². The van der Waals surface area contributed by atoms with Gasteiger partial charge in [0.15, 0.2) is 0 Å². The summed E-state index contributed by atoms with van der Waals surface area (Å²) in [4.78, 5) is 26.1. The normalized spacial score (nSPS) is 19.0. The third-order valence-electron chi connectivity index (χ3n) is 3.64. The van der Waals surface area contributed by atoms with E-state index in [1.54, 1.807) is 31.2 Å². The number of carbonyl (C=O) groups is 2. The lowest BCUT2D eigenvalue weighted by Crippen LogP contribution is -2.38. The van der Waals surface area contributed by atoms with Gasteiger partial charge in [-0.2, -0.15) is 0 Å². The van der Waals surface area contributed by atoms with Gasteiger partial charge in [-0.1, -0.05) is 6.07 Å². The maximum Gasteiger partial charge on any atom is 0.338 e. The predicted molar refractivity (Wildman–Crippen MR) is 81.2 cm³/mol. The Hall–Kier alpha value is -1.88. The van der Waals surface area contributed by atoms with E-state index in [1.165, 1.54) is 0 Å². The molecule has 114 valence electrons. The Kier molecular flexibility index (Phi) is 5.33. The number of esters is 1. The van der Waals surface area contributed by atoms with E-state index in [0.717, 1.165) is 25.9 Å². The van der Waals surface area contributed by atoms with Gasteiger partial charge in [-0.25, -0.2) is 4.79 Å². The highest BCUT2D eigenvalue weighted by Gasteiger charge is 2.24. The first kappa shape index (κ1) is 15.5. The third kappa shape index (κ3) is 4.29. The average molecular weight is 290 g/mol. The molecule has 0 saturated carbocycles. The minimum absolute atomic E-state index is 0.00926. The zero-order valence-corrected chi connectivity index (χ0v) is 12.6. The molecule has 1 N–H and O–H groups in total. The number of anilines is 1. The first-order valence-corrected chi connectivity index (χ1v) is 7.36. The number of ether oxygens (including phenoxy) is 1. The Morgan fingerprint density at radius 3 is 2.95 bits per heavy atom. The summed E-state index contributed by atoms with van der Waals surface area (Å²) in [5, 5.41) is 2.90. The van der Waals surface area contributed by atoms with Crippen molar-refractivity contribution in [3.8, 4) is 0 Å². The van der Waals surface area contributed by atoms with Gasteiger partial charge in [-0.15, -0.1) is 0 Å². The number of likely N-dealkylation sites (tertiary alicyclic amines) is 1. The van der Waals surface area contributed by atoms with Gasteiger partial charge in [0, 0.05) is 12.2 Å². The lowest BCUT2D eigenvalue weighted by molar-refractivity contribution is -0.121. The van der Waals surface area contributed by atoms with Crippen LogP contribution in [0, 0.1) is 5.92 Å². The van der Waals surface area contributed by atoms with Crippen molar-refractivity contribution in [3.05, 3.63) is 29.8 Å². The zero-order valence-electron chi connectivity index (χ0n) is 12.6. The molecule has 0 spiro atoms. The minimum Gasteiger partial charge on any atom is -0.462 e. The van der Waals surface area contributed by atoms with Crippen molar-refractivity contribution in [2.24, 2.45) is 5.92 Å². The number of benzene rings is 1. The molecule has 2 rings (SSSR count). The molecule has 0 aromatic heterocycles. The monoisotopic (exact) mass is 290 g/mol. The van der Waals surface area contributed by atoms with E-state index >= 15 is 0 Å². The number of carbonyl (C=O) groups excluding carboxylic acids is 2. The quantitative estimate of drug-likeness (QED) is 0.863. The Morgan fingerprint density at radius 2 is 2.24 bits per heavy atom. The van der Waals surface area contributed by atoms with Crippen LogP contribution in [0.4, 0.5) is 5.69 Å². The fraction of sp³-hybridized carbons (Fsp3) is 0.500. The molecule has 1 saturated heterocycles. The maximum absolute atomic E-state index is 12.3. The Bertz CT molecular complexity index is 516. The summed E-state index contributed by atoms with van der Waals surface area (Å²) in [6, 6.07) is 6.87. The van der Waals surface area contributed by atoms with Crippen LogP contribution in [0.1, 0.15) is 30.1 Å². The van der Waals surface area contributed by atoms with E-state index in [0.29, 0.717) is 17.9 Å². The first-order valence-electron chi connectivity index (χ1n) is 7.36. The van der Waals surface area contributed by atoms with Gasteiger partial charge < -0.3 is 15.0 Å². The molecule has 0 radical (unpaired) electrons. The molecule has 0 bridgehead atoms. The summed E-state index contributed by atoms with van der Waals surface area (Å²) in [6.07, 6.45) is 1.95. The van der Waals surface area contributed by atoms with E-state index in [4.69, 9.17) is 4.74 Å². The number of nitrogens with one attached hydrogen (secondary N) is 1. The number of amides is 1. The molecule has 1 heterocycles. The summed E-state index contributed by atoms with van der Waals surface area (Å²) in [7, 11) is 2.03. The van der Waals surface area contributed by atoms with E-state index in [1.807, 2.05) is 7.05 Å². The van der Waals surface area contributed by atoms with E-state index in [2.05, 4.69) is 10.2 Å². The fourth-order valence-electron chi connectivity index (χ4n) is 2.56.